The van der Waals surface area contributed by atoms with Crippen molar-refractivity contribution >= 4 is 17.7 Å². The molecule has 0 spiro atoms. The lowest BCUT2D eigenvalue weighted by Crippen LogP contribution is -2.63. The molecule has 45 heavy (non-hydrogen) atoms. The molecule has 1 aromatic rings. The molecular weight excluding hydrogens is 558 g/mol. The molecule has 1 N–H and O–H groups in total. The first-order chi connectivity index (χ1) is 21.0. The molecule has 0 bridgehead atoms. The fourth-order valence-corrected chi connectivity index (χ4v) is 10.6. The highest BCUT2D eigenvalue weighted by molar-refractivity contribution is 5.96. The topological polar surface area (TPSA) is 72.5 Å². The molecule has 0 radical (unpaired) electrons. The molecular formula is C40H57NO4. The van der Waals surface area contributed by atoms with Crippen LogP contribution in [-0.4, -0.2) is 23.7 Å². The Bertz CT molecular complexity index is 1380. The number of rotatable bonds is 8. The molecule has 1 aromatic carbocycles. The predicted molar refractivity (Wildman–Crippen MR) is 180 cm³/mol. The van der Waals surface area contributed by atoms with Gasteiger partial charge in [-0.3, -0.25) is 14.4 Å². The Kier molecular flexibility index (Phi) is 8.85. The maximum Gasteiger partial charge on any atom is 0.312 e. The molecule has 3 saturated carbocycles. The van der Waals surface area contributed by atoms with Gasteiger partial charge in [0.1, 0.15) is 6.61 Å². The molecule has 0 aliphatic heterocycles. The van der Waals surface area contributed by atoms with E-state index in [2.05, 4.69) is 53.4 Å². The second kappa shape index (κ2) is 11.8. The number of ether oxygens (including phenoxy) is 1. The second-order valence-corrected chi connectivity index (χ2v) is 16.9. The number of hydrogen-bond donors (Lipinski definition) is 1. The molecule has 0 heterocycles. The number of ketones is 1. The Balaban J connectivity index is 1.48. The summed E-state index contributed by atoms with van der Waals surface area (Å²) in [5.41, 5.74) is 2.08. The Morgan fingerprint density at radius 2 is 1.67 bits per heavy atom. The highest BCUT2D eigenvalue weighted by Crippen LogP contribution is 2.73. The van der Waals surface area contributed by atoms with Crippen LogP contribution < -0.4 is 5.32 Å². The first-order valence-electron chi connectivity index (χ1n) is 17.4. The van der Waals surface area contributed by atoms with Crippen LogP contribution >= 0.6 is 0 Å². The van der Waals surface area contributed by atoms with Crippen molar-refractivity contribution in [3.63, 3.8) is 0 Å². The Labute approximate surface area is 272 Å². The van der Waals surface area contributed by atoms with Crippen molar-refractivity contribution in [3.05, 3.63) is 59.7 Å². The lowest BCUT2D eigenvalue weighted by Gasteiger charge is -2.68. The van der Waals surface area contributed by atoms with E-state index in [0.717, 1.165) is 49.7 Å². The van der Waals surface area contributed by atoms with Gasteiger partial charge in [0, 0.05) is 18.4 Å². The Morgan fingerprint density at radius 3 is 2.31 bits per heavy atom. The van der Waals surface area contributed by atoms with E-state index in [1.807, 2.05) is 50.3 Å². The zero-order chi connectivity index (χ0) is 33.0. The zero-order valence-electron chi connectivity index (χ0n) is 29.2. The van der Waals surface area contributed by atoms with Crippen LogP contribution in [0.3, 0.4) is 0 Å². The molecule has 1 amide bonds. The molecule has 5 heteroatoms. The second-order valence-electron chi connectivity index (χ2n) is 16.9. The number of carbonyl (C=O) groups excluding carboxylic acids is 3. The van der Waals surface area contributed by atoms with Crippen molar-refractivity contribution in [2.24, 2.45) is 44.8 Å². The highest BCUT2D eigenvalue weighted by Gasteiger charge is 2.68. The molecule has 4 aliphatic rings. The van der Waals surface area contributed by atoms with Crippen LogP contribution in [-0.2, 0) is 25.7 Å². The number of benzene rings is 1. The lowest BCUT2D eigenvalue weighted by molar-refractivity contribution is -0.169. The molecule has 0 unspecified atom stereocenters. The monoisotopic (exact) mass is 615 g/mol. The van der Waals surface area contributed by atoms with Crippen molar-refractivity contribution in [1.29, 1.82) is 0 Å². The van der Waals surface area contributed by atoms with Gasteiger partial charge in [0.05, 0.1) is 5.41 Å². The van der Waals surface area contributed by atoms with Gasteiger partial charge in [-0.1, -0.05) is 75.8 Å². The SMILES string of the molecule is C=C(C)[C@@H]1CC[C@]2(C)[C@H](C(=O)C=C3[C@@H]4C[C@@](C)(C(=O)OCc5ccccc5)CC[C@]4(C)CC[C@]32C)[C@@]1(C)CCC(=O)NC(C)C. The van der Waals surface area contributed by atoms with E-state index in [9.17, 15) is 14.4 Å². The van der Waals surface area contributed by atoms with Gasteiger partial charge in [-0.25, -0.2) is 0 Å². The quantitative estimate of drug-likeness (QED) is 0.234. The normalized spacial score (nSPS) is 39.2. The third-order valence-corrected chi connectivity index (χ3v) is 13.5. The summed E-state index contributed by atoms with van der Waals surface area (Å²) < 4.78 is 5.94. The van der Waals surface area contributed by atoms with Crippen molar-refractivity contribution in [2.75, 3.05) is 0 Å². The molecule has 3 fully saturated rings. The maximum atomic E-state index is 14.7. The summed E-state index contributed by atoms with van der Waals surface area (Å²) in [5.74, 6) is 0.307. The summed E-state index contributed by atoms with van der Waals surface area (Å²) in [5, 5.41) is 3.06. The van der Waals surface area contributed by atoms with Crippen LogP contribution in [0.5, 0.6) is 0 Å². The zero-order valence-corrected chi connectivity index (χ0v) is 29.2. The number of amides is 1. The van der Waals surface area contributed by atoms with Gasteiger partial charge < -0.3 is 10.1 Å². The molecule has 8 atom stereocenters. The van der Waals surface area contributed by atoms with Gasteiger partial charge >= 0.3 is 5.97 Å². The van der Waals surface area contributed by atoms with Crippen molar-refractivity contribution in [3.8, 4) is 0 Å². The van der Waals surface area contributed by atoms with Crippen LogP contribution in [0.2, 0.25) is 0 Å². The Hall–Kier alpha value is -2.69. The van der Waals surface area contributed by atoms with Crippen LogP contribution in [0, 0.1) is 44.8 Å². The summed E-state index contributed by atoms with van der Waals surface area (Å²) in [6.07, 6.45) is 9.66. The summed E-state index contributed by atoms with van der Waals surface area (Å²) in [4.78, 5) is 41.3. The third kappa shape index (κ3) is 5.65. The minimum Gasteiger partial charge on any atom is -0.460 e. The molecule has 5 rings (SSSR count). The van der Waals surface area contributed by atoms with E-state index in [1.54, 1.807) is 0 Å². The largest absolute Gasteiger partial charge is 0.460 e. The summed E-state index contributed by atoms with van der Waals surface area (Å²) in [7, 11) is 0. The van der Waals surface area contributed by atoms with E-state index in [1.165, 1.54) is 5.57 Å². The van der Waals surface area contributed by atoms with E-state index >= 15 is 0 Å². The predicted octanol–water partition coefficient (Wildman–Crippen LogP) is 8.77. The van der Waals surface area contributed by atoms with E-state index in [-0.39, 0.29) is 69.7 Å². The average Bonchev–Trinajstić information content (AvgIpc) is 2.97. The van der Waals surface area contributed by atoms with Crippen LogP contribution in [0.25, 0.3) is 0 Å². The number of fused-ring (bicyclic) bond motifs is 5. The third-order valence-electron chi connectivity index (χ3n) is 13.5. The minimum atomic E-state index is -0.589. The molecule has 5 nitrogen and oxygen atoms in total. The number of allylic oxidation sites excluding steroid dienone is 3. The average molecular weight is 616 g/mol. The summed E-state index contributed by atoms with van der Waals surface area (Å²) >= 11 is 0. The molecule has 0 saturated heterocycles. The first-order valence-corrected chi connectivity index (χ1v) is 17.4. The first kappa shape index (κ1) is 33.7. The maximum absolute atomic E-state index is 14.7. The molecule has 0 aromatic heterocycles. The van der Waals surface area contributed by atoms with Gasteiger partial charge in [0.15, 0.2) is 5.78 Å². The fraction of sp³-hybridized carbons (Fsp3) is 0.675. The standard InChI is InChI=1S/C40H57NO4/c1-26(2)29-15-18-40(9)34(38(29,7)17-16-33(43)41-27(3)4)32(42)23-30-31-24-37(6,20-19-36(31,5)21-22-39(30,40)8)35(44)45-25-28-13-11-10-12-14-28/h10-14,23,27,29,31,34H,1,15-22,24-25H2,2-9H3,(H,41,43)/t29-,31-,34+,36+,37-,38-,39+,40+/m0/s1. The van der Waals surface area contributed by atoms with Gasteiger partial charge in [0.25, 0.3) is 0 Å². The molecule has 246 valence electrons. The van der Waals surface area contributed by atoms with Crippen LogP contribution in [0.1, 0.15) is 119 Å². The summed E-state index contributed by atoms with van der Waals surface area (Å²) in [6.45, 7) is 22.3. The van der Waals surface area contributed by atoms with Gasteiger partial charge in [-0.15, -0.1) is 0 Å². The number of hydrogen-bond acceptors (Lipinski definition) is 4. The number of nitrogens with one attached hydrogen (secondary N) is 1. The van der Waals surface area contributed by atoms with Crippen LogP contribution in [0.15, 0.2) is 54.1 Å². The smallest absolute Gasteiger partial charge is 0.312 e. The Morgan fingerprint density at radius 1 is 1.00 bits per heavy atom. The van der Waals surface area contributed by atoms with Crippen molar-refractivity contribution in [2.45, 2.75) is 126 Å². The van der Waals surface area contributed by atoms with E-state index in [0.29, 0.717) is 19.3 Å². The number of carbonyl (C=O) groups is 3. The highest BCUT2D eigenvalue weighted by atomic mass is 16.5. The van der Waals surface area contributed by atoms with Crippen molar-refractivity contribution in [1.82, 2.24) is 5.32 Å². The van der Waals surface area contributed by atoms with Crippen molar-refractivity contribution < 1.29 is 19.1 Å². The van der Waals surface area contributed by atoms with Gasteiger partial charge in [0.2, 0.25) is 5.91 Å². The fourth-order valence-electron chi connectivity index (χ4n) is 10.6. The van der Waals surface area contributed by atoms with E-state index < -0.39 is 5.41 Å². The van der Waals surface area contributed by atoms with Gasteiger partial charge in [-0.05, 0) is 124 Å². The van der Waals surface area contributed by atoms with E-state index in [4.69, 9.17) is 4.74 Å². The van der Waals surface area contributed by atoms with Gasteiger partial charge in [-0.2, -0.15) is 0 Å². The minimum absolute atomic E-state index is 0.0544. The van der Waals surface area contributed by atoms with Crippen LogP contribution in [0.4, 0.5) is 0 Å². The molecule has 4 aliphatic carbocycles. The number of esters is 1. The summed E-state index contributed by atoms with van der Waals surface area (Å²) in [6, 6.07) is 9.97. The lowest BCUT2D eigenvalue weighted by atomic mass is 9.35.